The minimum atomic E-state index is -0.830. The Morgan fingerprint density at radius 3 is 2.38 bits per heavy atom. The highest BCUT2D eigenvalue weighted by Crippen LogP contribution is 2.26. The lowest BCUT2D eigenvalue weighted by atomic mass is 9.92. The molecule has 0 unspecified atom stereocenters. The average molecular weight is 628 g/mol. The Kier molecular flexibility index (Phi) is 17.4. The number of pyridine rings is 1. The van der Waals surface area contributed by atoms with Gasteiger partial charge in [-0.25, -0.2) is 15.0 Å². The number of aliphatic carboxylic acids is 1. The molecule has 3 N–H and O–H groups in total. The number of anilines is 1. The number of amides is 1. The number of rotatable bonds is 24. The molecule has 1 aliphatic rings. The first-order valence-electron chi connectivity index (χ1n) is 16.7. The van der Waals surface area contributed by atoms with Crippen molar-refractivity contribution in [3.63, 3.8) is 0 Å². The highest BCUT2D eigenvalue weighted by atomic mass is 16.5. The van der Waals surface area contributed by atoms with Gasteiger partial charge in [0, 0.05) is 37.7 Å². The Balaban J connectivity index is 1.25. The second-order valence-electron chi connectivity index (χ2n) is 12.1. The van der Waals surface area contributed by atoms with Crippen molar-refractivity contribution in [1.29, 1.82) is 0 Å². The van der Waals surface area contributed by atoms with Crippen LogP contribution in [0.3, 0.4) is 0 Å². The van der Waals surface area contributed by atoms with E-state index in [4.69, 9.17) is 19.2 Å². The molecule has 2 aromatic rings. The van der Waals surface area contributed by atoms with E-state index in [0.29, 0.717) is 44.8 Å². The molecule has 3 heterocycles. The van der Waals surface area contributed by atoms with Crippen molar-refractivity contribution in [2.45, 2.75) is 96.9 Å². The third-order valence-electron chi connectivity index (χ3n) is 7.81. The molecule has 0 radical (unpaired) electrons. The van der Waals surface area contributed by atoms with Crippen molar-refractivity contribution in [2.75, 3.05) is 51.5 Å². The number of nitrogens with zero attached hydrogens (tertiary/aromatic N) is 3. The van der Waals surface area contributed by atoms with Crippen LogP contribution in [0.2, 0.25) is 0 Å². The number of aryl methyl sites for hydroxylation is 2. The van der Waals surface area contributed by atoms with Gasteiger partial charge in [0.15, 0.2) is 0 Å². The van der Waals surface area contributed by atoms with Crippen LogP contribution in [0.15, 0.2) is 24.5 Å². The van der Waals surface area contributed by atoms with Crippen LogP contribution in [0.25, 0.3) is 0 Å². The van der Waals surface area contributed by atoms with E-state index in [0.717, 1.165) is 88.0 Å². The van der Waals surface area contributed by atoms with Crippen molar-refractivity contribution in [3.8, 4) is 0 Å². The zero-order valence-corrected chi connectivity index (χ0v) is 27.2. The lowest BCUT2D eigenvalue weighted by Gasteiger charge is -2.17. The van der Waals surface area contributed by atoms with Gasteiger partial charge in [-0.2, -0.15) is 0 Å². The summed E-state index contributed by atoms with van der Waals surface area (Å²) in [4.78, 5) is 37.2. The number of aromatic nitrogens is 3. The van der Waals surface area contributed by atoms with E-state index < -0.39 is 5.97 Å². The van der Waals surface area contributed by atoms with Gasteiger partial charge < -0.3 is 30.0 Å². The van der Waals surface area contributed by atoms with Crippen molar-refractivity contribution >= 4 is 17.7 Å². The Labute approximate surface area is 268 Å². The molecule has 45 heavy (non-hydrogen) atoms. The molecular weight excluding hydrogens is 574 g/mol. The SMILES string of the molecule is CC(C)CCOCCOCCOCCC(=O)NCc1ncc([C@@H](CCCCCCc2ccc3c(n2)NCCC3)CC(=O)O)cn1. The summed E-state index contributed by atoms with van der Waals surface area (Å²) < 4.78 is 16.4. The summed E-state index contributed by atoms with van der Waals surface area (Å²) in [6.07, 6.45) is 12.8. The minimum absolute atomic E-state index is 0.0443. The second-order valence-corrected chi connectivity index (χ2v) is 12.1. The van der Waals surface area contributed by atoms with E-state index in [-0.39, 0.29) is 31.2 Å². The maximum absolute atomic E-state index is 12.2. The maximum Gasteiger partial charge on any atom is 0.303 e. The van der Waals surface area contributed by atoms with Crippen LogP contribution in [0, 0.1) is 5.92 Å². The van der Waals surface area contributed by atoms with Crippen LogP contribution < -0.4 is 10.6 Å². The monoisotopic (exact) mass is 627 g/mol. The molecule has 0 aliphatic carbocycles. The third-order valence-corrected chi connectivity index (χ3v) is 7.81. The highest BCUT2D eigenvalue weighted by molar-refractivity contribution is 5.75. The number of hydrogen-bond acceptors (Lipinski definition) is 9. The molecule has 11 nitrogen and oxygen atoms in total. The zero-order valence-electron chi connectivity index (χ0n) is 27.2. The summed E-state index contributed by atoms with van der Waals surface area (Å²) >= 11 is 0. The molecule has 1 atom stereocenters. The first-order chi connectivity index (χ1) is 21.9. The summed E-state index contributed by atoms with van der Waals surface area (Å²) in [7, 11) is 0. The number of fused-ring (bicyclic) bond motifs is 1. The fourth-order valence-electron chi connectivity index (χ4n) is 5.11. The topological polar surface area (TPSA) is 145 Å². The summed E-state index contributed by atoms with van der Waals surface area (Å²) in [5, 5.41) is 15.7. The van der Waals surface area contributed by atoms with Gasteiger partial charge in [0.1, 0.15) is 11.6 Å². The first-order valence-corrected chi connectivity index (χ1v) is 16.7. The Morgan fingerprint density at radius 2 is 1.64 bits per heavy atom. The molecule has 11 heteroatoms. The maximum atomic E-state index is 12.2. The van der Waals surface area contributed by atoms with Crippen molar-refractivity contribution in [3.05, 3.63) is 47.2 Å². The van der Waals surface area contributed by atoms with E-state index in [1.54, 1.807) is 12.4 Å². The second kappa shape index (κ2) is 21.6. The van der Waals surface area contributed by atoms with Crippen LogP contribution in [0.4, 0.5) is 5.82 Å². The molecular formula is C34H53N5O6. The first kappa shape index (κ1) is 36.3. The number of hydrogen-bond donors (Lipinski definition) is 3. The van der Waals surface area contributed by atoms with E-state index in [9.17, 15) is 14.7 Å². The Bertz CT molecular complexity index is 1130. The smallest absolute Gasteiger partial charge is 0.303 e. The largest absolute Gasteiger partial charge is 0.481 e. The van der Waals surface area contributed by atoms with E-state index >= 15 is 0 Å². The van der Waals surface area contributed by atoms with Crippen LogP contribution in [0.1, 0.15) is 100 Å². The number of carbonyl (C=O) groups excluding carboxylic acids is 1. The van der Waals surface area contributed by atoms with Crippen molar-refractivity contribution < 1.29 is 28.9 Å². The lowest BCUT2D eigenvalue weighted by Crippen LogP contribution is -2.25. The fraction of sp³-hybridized carbons (Fsp3) is 0.676. The summed E-state index contributed by atoms with van der Waals surface area (Å²) in [6.45, 7) is 8.58. The molecule has 1 amide bonds. The zero-order chi connectivity index (χ0) is 32.1. The average Bonchev–Trinajstić information content (AvgIpc) is 3.03. The molecule has 0 bridgehead atoms. The van der Waals surface area contributed by atoms with E-state index in [2.05, 4.69) is 46.6 Å². The number of carboxylic acid groups (broad SMARTS) is 1. The fourth-order valence-corrected chi connectivity index (χ4v) is 5.11. The number of unbranched alkanes of at least 4 members (excludes halogenated alkanes) is 3. The predicted octanol–water partition coefficient (Wildman–Crippen LogP) is 5.08. The standard InChI is InChI=1S/C34H53N5O6/c1-26(2)13-16-43-18-20-45-21-19-44-17-14-32(40)38-25-31-36-23-29(24-37-31)28(22-33(41)42)8-5-3-4-6-10-30-12-11-27-9-7-15-35-34(27)39-30/h11-12,23-24,26,28H,3-10,13-22,25H2,1-2H3,(H,35,39)(H,38,40)(H,41,42)/t28-/m0/s1. The molecule has 2 aromatic heterocycles. The van der Waals surface area contributed by atoms with Gasteiger partial charge in [0.25, 0.3) is 0 Å². The highest BCUT2D eigenvalue weighted by Gasteiger charge is 2.17. The molecule has 0 aromatic carbocycles. The van der Waals surface area contributed by atoms with Crippen LogP contribution in [-0.4, -0.2) is 78.1 Å². The molecule has 0 spiro atoms. The molecule has 1 aliphatic heterocycles. The van der Waals surface area contributed by atoms with Gasteiger partial charge in [0.05, 0.1) is 46.0 Å². The summed E-state index contributed by atoms with van der Waals surface area (Å²) in [5.74, 6) is 1.04. The van der Waals surface area contributed by atoms with Gasteiger partial charge in [-0.3, -0.25) is 9.59 Å². The molecule has 3 rings (SSSR count). The van der Waals surface area contributed by atoms with Gasteiger partial charge in [0.2, 0.25) is 5.91 Å². The van der Waals surface area contributed by atoms with E-state index in [1.807, 2.05) is 0 Å². The number of carbonyl (C=O) groups is 2. The normalized spacial score (nSPS) is 13.3. The van der Waals surface area contributed by atoms with Gasteiger partial charge in [-0.05, 0) is 67.6 Å². The molecule has 0 saturated carbocycles. The lowest BCUT2D eigenvalue weighted by molar-refractivity contribution is -0.137. The van der Waals surface area contributed by atoms with Crippen molar-refractivity contribution in [2.24, 2.45) is 5.92 Å². The number of ether oxygens (including phenoxy) is 3. The molecule has 0 saturated heterocycles. The van der Waals surface area contributed by atoms with Gasteiger partial charge in [-0.1, -0.05) is 39.2 Å². The van der Waals surface area contributed by atoms with E-state index in [1.165, 1.54) is 5.56 Å². The Morgan fingerprint density at radius 1 is 0.933 bits per heavy atom. The summed E-state index contributed by atoms with van der Waals surface area (Å²) in [6, 6.07) is 4.34. The quantitative estimate of drug-likeness (QED) is 0.135. The Hall–Kier alpha value is -3.15. The minimum Gasteiger partial charge on any atom is -0.481 e. The number of carboxylic acids is 1. The number of nitrogens with one attached hydrogen (secondary N) is 2. The van der Waals surface area contributed by atoms with Crippen molar-refractivity contribution in [1.82, 2.24) is 20.3 Å². The van der Waals surface area contributed by atoms with Crippen LogP contribution in [0.5, 0.6) is 0 Å². The van der Waals surface area contributed by atoms with Crippen LogP contribution in [-0.2, 0) is 43.2 Å². The molecule has 0 fully saturated rings. The van der Waals surface area contributed by atoms with Gasteiger partial charge in [-0.15, -0.1) is 0 Å². The van der Waals surface area contributed by atoms with Gasteiger partial charge >= 0.3 is 5.97 Å². The predicted molar refractivity (Wildman–Crippen MR) is 173 cm³/mol. The molecule has 250 valence electrons. The summed E-state index contributed by atoms with van der Waals surface area (Å²) in [5.41, 5.74) is 3.25. The third kappa shape index (κ3) is 15.6. The van der Waals surface area contributed by atoms with Crippen LogP contribution >= 0.6 is 0 Å².